The Labute approximate surface area is 188 Å². The number of ether oxygens (including phenoxy) is 2. The number of hydrogen-bond acceptors (Lipinski definition) is 3. The van der Waals surface area contributed by atoms with Crippen LogP contribution in [0.2, 0.25) is 0 Å². The zero-order valence-electron chi connectivity index (χ0n) is 20.4. The summed E-state index contributed by atoms with van der Waals surface area (Å²) >= 11 is 0. The fourth-order valence-corrected chi connectivity index (χ4v) is 3.58. The van der Waals surface area contributed by atoms with Crippen LogP contribution in [0.4, 0.5) is 4.79 Å². The summed E-state index contributed by atoms with van der Waals surface area (Å²) in [5.41, 5.74) is 0. The molecule has 0 saturated heterocycles. The van der Waals surface area contributed by atoms with Gasteiger partial charge in [0.25, 0.3) is 0 Å². The van der Waals surface area contributed by atoms with E-state index in [1.54, 1.807) is 0 Å². The first-order chi connectivity index (χ1) is 14.8. The van der Waals surface area contributed by atoms with E-state index in [1.807, 2.05) is 0 Å². The quantitative estimate of drug-likeness (QED) is 0.0930. The summed E-state index contributed by atoms with van der Waals surface area (Å²) in [5, 5.41) is 0. The van der Waals surface area contributed by atoms with Crippen LogP contribution in [0.3, 0.4) is 0 Å². The van der Waals surface area contributed by atoms with Crippen LogP contribution in [0, 0.1) is 0 Å². The van der Waals surface area contributed by atoms with Gasteiger partial charge in [0.05, 0.1) is 13.2 Å². The lowest BCUT2D eigenvalue weighted by molar-refractivity contribution is 0.0529. The van der Waals surface area contributed by atoms with Crippen molar-refractivity contribution in [1.82, 2.24) is 0 Å². The first kappa shape index (κ1) is 29.0. The molecule has 0 unspecified atom stereocenters. The predicted molar refractivity (Wildman–Crippen MR) is 130 cm³/mol. The second-order valence-electron chi connectivity index (χ2n) is 8.65. The maximum Gasteiger partial charge on any atom is 0.508 e. The molecule has 30 heavy (non-hydrogen) atoms. The number of carbonyl (C=O) groups excluding carboxylic acids is 1. The third-order valence-electron chi connectivity index (χ3n) is 5.59. The predicted octanol–water partition coefficient (Wildman–Crippen LogP) is 9.54. The van der Waals surface area contributed by atoms with E-state index in [0.717, 1.165) is 25.7 Å². The monoisotopic (exact) mass is 424 g/mol. The smallest absolute Gasteiger partial charge is 0.434 e. The van der Waals surface area contributed by atoms with Crippen LogP contribution in [0.5, 0.6) is 0 Å². The van der Waals surface area contributed by atoms with Crippen LogP contribution in [0.1, 0.15) is 142 Å². The summed E-state index contributed by atoms with van der Waals surface area (Å²) in [6.07, 6.45) is 29.3. The van der Waals surface area contributed by atoms with Crippen LogP contribution >= 0.6 is 0 Å². The standard InChI is InChI=1S/C27H52O3/c1-3-5-7-9-11-13-14-15-16-17-18-20-22-24-26-30-27(28)29-25-23-21-19-12-10-8-6-4-2/h13-14H,3-12,15-26H2,1-2H3. The average Bonchev–Trinajstić information content (AvgIpc) is 2.75. The largest absolute Gasteiger partial charge is 0.508 e. The zero-order chi connectivity index (χ0) is 22.0. The lowest BCUT2D eigenvalue weighted by Crippen LogP contribution is -2.09. The molecule has 0 aliphatic rings. The van der Waals surface area contributed by atoms with Crippen LogP contribution in [0.15, 0.2) is 12.2 Å². The van der Waals surface area contributed by atoms with Gasteiger partial charge in [-0.15, -0.1) is 0 Å². The molecule has 3 heteroatoms. The van der Waals surface area contributed by atoms with Crippen molar-refractivity contribution in [3.05, 3.63) is 12.2 Å². The summed E-state index contributed by atoms with van der Waals surface area (Å²) < 4.78 is 10.3. The molecule has 0 aliphatic heterocycles. The van der Waals surface area contributed by atoms with E-state index >= 15 is 0 Å². The number of rotatable bonds is 23. The summed E-state index contributed by atoms with van der Waals surface area (Å²) in [6, 6.07) is 0. The van der Waals surface area contributed by atoms with E-state index in [1.165, 1.54) is 103 Å². The van der Waals surface area contributed by atoms with E-state index < -0.39 is 6.16 Å². The molecule has 178 valence electrons. The normalized spacial score (nSPS) is 11.3. The average molecular weight is 425 g/mol. The molecular weight excluding hydrogens is 372 g/mol. The lowest BCUT2D eigenvalue weighted by atomic mass is 10.1. The van der Waals surface area contributed by atoms with E-state index in [-0.39, 0.29) is 0 Å². The molecule has 0 aromatic heterocycles. The highest BCUT2D eigenvalue weighted by Crippen LogP contribution is 2.10. The fraction of sp³-hybridized carbons (Fsp3) is 0.889. The van der Waals surface area contributed by atoms with Gasteiger partial charge in [-0.2, -0.15) is 0 Å². The third-order valence-corrected chi connectivity index (χ3v) is 5.59. The number of unbranched alkanes of at least 4 members (excludes halogenated alkanes) is 17. The van der Waals surface area contributed by atoms with Gasteiger partial charge in [0.15, 0.2) is 0 Å². The van der Waals surface area contributed by atoms with Crippen molar-refractivity contribution < 1.29 is 14.3 Å². The van der Waals surface area contributed by atoms with E-state index in [9.17, 15) is 4.79 Å². The van der Waals surface area contributed by atoms with Crippen molar-refractivity contribution in [1.29, 1.82) is 0 Å². The third kappa shape index (κ3) is 25.0. The van der Waals surface area contributed by atoms with Crippen LogP contribution in [-0.4, -0.2) is 19.4 Å². The zero-order valence-corrected chi connectivity index (χ0v) is 20.4. The highest BCUT2D eigenvalue weighted by molar-refractivity contribution is 5.59. The van der Waals surface area contributed by atoms with Gasteiger partial charge in [0, 0.05) is 0 Å². The van der Waals surface area contributed by atoms with Gasteiger partial charge >= 0.3 is 6.16 Å². The fourth-order valence-electron chi connectivity index (χ4n) is 3.58. The first-order valence-electron chi connectivity index (χ1n) is 13.3. The van der Waals surface area contributed by atoms with Gasteiger partial charge in [-0.3, -0.25) is 0 Å². The van der Waals surface area contributed by atoms with Crippen molar-refractivity contribution >= 4 is 6.16 Å². The number of carbonyl (C=O) groups is 1. The molecule has 0 spiro atoms. The second kappa shape index (κ2) is 26.0. The van der Waals surface area contributed by atoms with Crippen molar-refractivity contribution in [2.45, 2.75) is 142 Å². The van der Waals surface area contributed by atoms with Crippen molar-refractivity contribution in [3.8, 4) is 0 Å². The molecule has 0 radical (unpaired) electrons. The first-order valence-corrected chi connectivity index (χ1v) is 13.3. The Bertz CT molecular complexity index is 365. The van der Waals surface area contributed by atoms with Gasteiger partial charge in [-0.25, -0.2) is 4.79 Å². The molecule has 0 atom stereocenters. The van der Waals surface area contributed by atoms with Crippen LogP contribution in [0.25, 0.3) is 0 Å². The molecule has 0 N–H and O–H groups in total. The number of hydrogen-bond donors (Lipinski definition) is 0. The Morgan fingerprint density at radius 1 is 0.500 bits per heavy atom. The Morgan fingerprint density at radius 2 is 0.833 bits per heavy atom. The molecular formula is C27H52O3. The molecule has 0 amide bonds. The molecule has 3 nitrogen and oxygen atoms in total. The Balaban J connectivity index is 3.18. The molecule has 0 heterocycles. The SMILES string of the molecule is CCCCCCC=CCCCCCCCCOC(=O)OCCCCCCCCCC. The molecule has 0 aromatic carbocycles. The maximum atomic E-state index is 11.5. The van der Waals surface area contributed by atoms with Gasteiger partial charge in [0.1, 0.15) is 0 Å². The number of allylic oxidation sites excluding steroid dienone is 2. The Morgan fingerprint density at radius 3 is 1.27 bits per heavy atom. The highest BCUT2D eigenvalue weighted by atomic mass is 16.7. The summed E-state index contributed by atoms with van der Waals surface area (Å²) in [6.45, 7) is 5.50. The van der Waals surface area contributed by atoms with Gasteiger partial charge < -0.3 is 9.47 Å². The Hall–Kier alpha value is -0.990. The minimum Gasteiger partial charge on any atom is -0.434 e. The van der Waals surface area contributed by atoms with Crippen molar-refractivity contribution in [2.75, 3.05) is 13.2 Å². The Kier molecular flexibility index (Phi) is 25.2. The van der Waals surface area contributed by atoms with E-state index in [4.69, 9.17) is 9.47 Å². The minimum absolute atomic E-state index is 0.487. The van der Waals surface area contributed by atoms with Crippen molar-refractivity contribution in [3.63, 3.8) is 0 Å². The molecule has 0 rings (SSSR count). The van der Waals surface area contributed by atoms with Crippen LogP contribution in [-0.2, 0) is 9.47 Å². The highest BCUT2D eigenvalue weighted by Gasteiger charge is 2.03. The van der Waals surface area contributed by atoms with Gasteiger partial charge in [-0.05, 0) is 38.5 Å². The summed E-state index contributed by atoms with van der Waals surface area (Å²) in [7, 11) is 0. The second-order valence-corrected chi connectivity index (χ2v) is 8.65. The maximum absolute atomic E-state index is 11.5. The molecule has 0 saturated carbocycles. The summed E-state index contributed by atoms with van der Waals surface area (Å²) in [4.78, 5) is 11.5. The summed E-state index contributed by atoms with van der Waals surface area (Å²) in [5.74, 6) is 0. The van der Waals surface area contributed by atoms with Crippen molar-refractivity contribution in [2.24, 2.45) is 0 Å². The minimum atomic E-state index is -0.487. The molecule has 0 aliphatic carbocycles. The van der Waals surface area contributed by atoms with Gasteiger partial charge in [0.2, 0.25) is 0 Å². The lowest BCUT2D eigenvalue weighted by Gasteiger charge is -2.06. The molecule has 0 aromatic rings. The van der Waals surface area contributed by atoms with Gasteiger partial charge in [-0.1, -0.05) is 116 Å². The van der Waals surface area contributed by atoms with E-state index in [2.05, 4.69) is 26.0 Å². The van der Waals surface area contributed by atoms with Crippen LogP contribution < -0.4 is 0 Å². The molecule has 0 bridgehead atoms. The topological polar surface area (TPSA) is 35.5 Å². The van der Waals surface area contributed by atoms with E-state index in [0.29, 0.717) is 13.2 Å². The molecule has 0 fully saturated rings.